The number of halogens is 2. The second-order valence-electron chi connectivity index (χ2n) is 7.71. The Bertz CT molecular complexity index is 1000. The second-order valence-corrected chi connectivity index (χ2v) is 8.66. The maximum atomic E-state index is 13.4. The maximum absolute atomic E-state index is 13.4. The van der Waals surface area contributed by atoms with E-state index in [0.717, 1.165) is 42.4 Å². The first-order chi connectivity index (χ1) is 15.1. The smallest absolute Gasteiger partial charge is 0.226 e. The number of hydrogen-bond acceptors (Lipinski definition) is 6. The number of rotatable bonds is 8. The number of nitrogens with one attached hydrogen (secondary N) is 1. The summed E-state index contributed by atoms with van der Waals surface area (Å²) in [5, 5.41) is 9.03. The van der Waals surface area contributed by atoms with E-state index in [1.54, 1.807) is 17.4 Å². The van der Waals surface area contributed by atoms with Gasteiger partial charge < -0.3 is 9.84 Å². The van der Waals surface area contributed by atoms with E-state index >= 15 is 0 Å². The van der Waals surface area contributed by atoms with Crippen molar-refractivity contribution in [3.05, 3.63) is 58.8 Å². The Labute approximate surface area is 183 Å². The van der Waals surface area contributed by atoms with E-state index < -0.39 is 11.6 Å². The molecule has 1 N–H and O–H groups in total. The molecule has 1 aliphatic rings. The lowest BCUT2D eigenvalue weighted by atomic mass is 10.0. The molecule has 0 spiro atoms. The molecule has 1 aromatic carbocycles. The molecule has 0 bridgehead atoms. The van der Waals surface area contributed by atoms with E-state index in [0.29, 0.717) is 37.5 Å². The molecule has 0 unspecified atom stereocenters. The van der Waals surface area contributed by atoms with Crippen LogP contribution in [0.4, 0.5) is 8.78 Å². The number of likely N-dealkylation sites (tertiary alicyclic amines) is 1. The molecule has 0 saturated carbocycles. The van der Waals surface area contributed by atoms with Gasteiger partial charge in [0, 0.05) is 38.5 Å². The molecule has 0 atom stereocenters. The van der Waals surface area contributed by atoms with Crippen molar-refractivity contribution in [1.29, 1.82) is 0 Å². The Morgan fingerprint density at radius 2 is 2.06 bits per heavy atom. The minimum atomic E-state index is -0.827. The summed E-state index contributed by atoms with van der Waals surface area (Å²) in [5.74, 6) is -0.487. The number of hydrogen-bond donors (Lipinski definition) is 1. The van der Waals surface area contributed by atoms with Crippen molar-refractivity contribution in [2.24, 2.45) is 0 Å². The van der Waals surface area contributed by atoms with Crippen molar-refractivity contribution in [1.82, 2.24) is 20.4 Å². The van der Waals surface area contributed by atoms with E-state index in [1.807, 2.05) is 17.5 Å². The Kier molecular flexibility index (Phi) is 7.03. The number of amides is 1. The van der Waals surface area contributed by atoms with Crippen LogP contribution in [0.3, 0.4) is 0 Å². The number of benzene rings is 1. The van der Waals surface area contributed by atoms with Gasteiger partial charge >= 0.3 is 0 Å². The van der Waals surface area contributed by atoms with Crippen molar-refractivity contribution in [2.45, 2.75) is 44.7 Å². The summed E-state index contributed by atoms with van der Waals surface area (Å²) in [6.45, 7) is 2.18. The summed E-state index contributed by atoms with van der Waals surface area (Å²) in [7, 11) is 0. The third kappa shape index (κ3) is 5.95. The molecule has 1 fully saturated rings. The van der Waals surface area contributed by atoms with Gasteiger partial charge in [-0.2, -0.15) is 4.98 Å². The van der Waals surface area contributed by atoms with Crippen molar-refractivity contribution in [2.75, 3.05) is 13.1 Å². The number of aromatic nitrogens is 2. The normalized spacial score (nSPS) is 15.3. The fraction of sp³-hybridized carbons (Fsp3) is 0.409. The fourth-order valence-electron chi connectivity index (χ4n) is 3.69. The fourth-order valence-corrected chi connectivity index (χ4v) is 4.34. The van der Waals surface area contributed by atoms with Gasteiger partial charge in [-0.1, -0.05) is 17.3 Å². The zero-order valence-corrected chi connectivity index (χ0v) is 17.8. The summed E-state index contributed by atoms with van der Waals surface area (Å²) >= 11 is 1.55. The number of aryl methyl sites for hydroxylation is 1. The molecular weight excluding hydrogens is 422 g/mol. The van der Waals surface area contributed by atoms with Gasteiger partial charge in [-0.3, -0.25) is 9.69 Å². The van der Waals surface area contributed by atoms with Gasteiger partial charge in [-0.25, -0.2) is 8.78 Å². The second kappa shape index (κ2) is 10.1. The molecule has 0 radical (unpaired) electrons. The van der Waals surface area contributed by atoms with E-state index in [9.17, 15) is 13.6 Å². The lowest BCUT2D eigenvalue weighted by Gasteiger charge is -2.32. The molecule has 31 heavy (non-hydrogen) atoms. The zero-order chi connectivity index (χ0) is 21.6. The molecule has 4 rings (SSSR count). The average Bonchev–Trinajstić information content (AvgIpc) is 3.44. The lowest BCUT2D eigenvalue weighted by Crippen LogP contribution is -2.44. The van der Waals surface area contributed by atoms with E-state index in [4.69, 9.17) is 4.52 Å². The first-order valence-corrected chi connectivity index (χ1v) is 11.3. The largest absolute Gasteiger partial charge is 0.353 e. The first kappa shape index (κ1) is 21.6. The van der Waals surface area contributed by atoms with Crippen LogP contribution in [-0.2, 0) is 17.8 Å². The highest BCUT2D eigenvalue weighted by atomic mass is 32.1. The lowest BCUT2D eigenvalue weighted by molar-refractivity contribution is -0.122. The molecule has 2 aromatic heterocycles. The number of carbonyl (C=O) groups excluding carboxylic acids is 1. The molecule has 1 amide bonds. The molecule has 3 aromatic rings. The van der Waals surface area contributed by atoms with Crippen LogP contribution in [-0.4, -0.2) is 40.1 Å². The molecular formula is C22H24F2N4O2S. The predicted octanol–water partition coefficient (Wildman–Crippen LogP) is 4.18. The van der Waals surface area contributed by atoms with Crippen molar-refractivity contribution < 1.29 is 18.1 Å². The SMILES string of the molecule is O=C(CCCc1nc(-c2cccs2)no1)NC1CCN(Cc2ccc(F)c(F)c2)CC1. The van der Waals surface area contributed by atoms with Gasteiger partial charge in [0.2, 0.25) is 17.6 Å². The standard InChI is InChI=1S/C22H24F2N4O2S/c23-17-7-6-15(13-18(17)24)14-28-10-8-16(9-11-28)25-20(29)4-1-5-21-26-22(27-30-21)19-3-2-12-31-19/h2-3,6-7,12-13,16H,1,4-5,8-11,14H2,(H,25,29). The molecule has 164 valence electrons. The predicted molar refractivity (Wildman–Crippen MR) is 113 cm³/mol. The van der Waals surface area contributed by atoms with Crippen molar-refractivity contribution >= 4 is 17.2 Å². The highest BCUT2D eigenvalue weighted by Gasteiger charge is 2.21. The monoisotopic (exact) mass is 446 g/mol. The topological polar surface area (TPSA) is 71.3 Å². The number of carbonyl (C=O) groups is 1. The Balaban J connectivity index is 1.14. The Hall–Kier alpha value is -2.65. The van der Waals surface area contributed by atoms with Gasteiger partial charge in [0.25, 0.3) is 0 Å². The summed E-state index contributed by atoms with van der Waals surface area (Å²) in [6, 6.07) is 8.04. The van der Waals surface area contributed by atoms with E-state index in [2.05, 4.69) is 20.4 Å². The van der Waals surface area contributed by atoms with E-state index in [-0.39, 0.29) is 11.9 Å². The van der Waals surface area contributed by atoms with Gasteiger partial charge in [0.15, 0.2) is 11.6 Å². The van der Waals surface area contributed by atoms with Crippen LogP contribution in [0.1, 0.15) is 37.1 Å². The number of piperidine rings is 1. The summed E-state index contributed by atoms with van der Waals surface area (Å²) in [4.78, 5) is 19.8. The molecule has 1 aliphatic heterocycles. The van der Waals surface area contributed by atoms with Crippen LogP contribution in [0.2, 0.25) is 0 Å². The van der Waals surface area contributed by atoms with Crippen molar-refractivity contribution in [3.8, 4) is 10.7 Å². The molecule has 9 heteroatoms. The van der Waals surface area contributed by atoms with Crippen LogP contribution in [0.5, 0.6) is 0 Å². The summed E-state index contributed by atoms with van der Waals surface area (Å²) < 4.78 is 31.7. The van der Waals surface area contributed by atoms with Crippen molar-refractivity contribution in [3.63, 3.8) is 0 Å². The third-order valence-corrected chi connectivity index (χ3v) is 6.21. The quantitative estimate of drug-likeness (QED) is 0.562. The van der Waals surface area contributed by atoms with Gasteiger partial charge in [0.1, 0.15) is 0 Å². The average molecular weight is 447 g/mol. The van der Waals surface area contributed by atoms with Gasteiger partial charge in [-0.05, 0) is 48.4 Å². The van der Waals surface area contributed by atoms with Gasteiger partial charge in [0.05, 0.1) is 4.88 Å². The minimum Gasteiger partial charge on any atom is -0.353 e. The van der Waals surface area contributed by atoms with Gasteiger partial charge in [-0.15, -0.1) is 11.3 Å². The van der Waals surface area contributed by atoms with Crippen LogP contribution in [0.15, 0.2) is 40.2 Å². The summed E-state index contributed by atoms with van der Waals surface area (Å²) in [5.41, 5.74) is 0.754. The summed E-state index contributed by atoms with van der Waals surface area (Å²) in [6.07, 6.45) is 3.30. The van der Waals surface area contributed by atoms with Crippen LogP contribution in [0.25, 0.3) is 10.7 Å². The maximum Gasteiger partial charge on any atom is 0.226 e. The number of thiophene rings is 1. The zero-order valence-electron chi connectivity index (χ0n) is 17.0. The van der Waals surface area contributed by atoms with Crippen LogP contribution in [0, 0.1) is 11.6 Å². The molecule has 3 heterocycles. The Morgan fingerprint density at radius 1 is 1.23 bits per heavy atom. The minimum absolute atomic E-state index is 0.0250. The highest BCUT2D eigenvalue weighted by molar-refractivity contribution is 7.13. The number of nitrogens with zero attached hydrogens (tertiary/aromatic N) is 3. The first-order valence-electron chi connectivity index (χ1n) is 10.4. The highest BCUT2D eigenvalue weighted by Crippen LogP contribution is 2.21. The Morgan fingerprint density at radius 3 is 2.81 bits per heavy atom. The molecule has 0 aliphatic carbocycles. The van der Waals surface area contributed by atoms with E-state index in [1.165, 1.54) is 6.07 Å². The van der Waals surface area contributed by atoms with Crippen LogP contribution >= 0.6 is 11.3 Å². The van der Waals surface area contributed by atoms with Crippen LogP contribution < -0.4 is 5.32 Å². The molecule has 1 saturated heterocycles. The third-order valence-electron chi connectivity index (χ3n) is 5.35. The molecule has 6 nitrogen and oxygen atoms in total.